The average molecular weight is 204 g/mol. The minimum absolute atomic E-state index is 0.134. The molecule has 3 heteroatoms. The van der Waals surface area contributed by atoms with E-state index in [1.807, 2.05) is 27.7 Å². The van der Waals surface area contributed by atoms with E-state index in [-0.39, 0.29) is 16.6 Å². The predicted octanol–water partition coefficient (Wildman–Crippen LogP) is 2.24. The van der Waals surface area contributed by atoms with Gasteiger partial charge in [-0.15, -0.1) is 0 Å². The van der Waals surface area contributed by atoms with Gasteiger partial charge in [0.2, 0.25) is 0 Å². The summed E-state index contributed by atoms with van der Waals surface area (Å²) in [5.74, 6) is 0.229. The summed E-state index contributed by atoms with van der Waals surface area (Å²) >= 11 is 0. The zero-order chi connectivity index (χ0) is 10.7. The highest BCUT2D eigenvalue weighted by Crippen LogP contribution is 2.53. The van der Waals surface area contributed by atoms with E-state index in [1.54, 1.807) is 0 Å². The molecule has 0 bridgehead atoms. The Morgan fingerprint density at radius 3 is 1.46 bits per heavy atom. The molecule has 0 spiro atoms. The quantitative estimate of drug-likeness (QED) is 0.606. The molecule has 2 nitrogen and oxygen atoms in total. The van der Waals surface area contributed by atoms with Crippen molar-refractivity contribution in [2.45, 2.75) is 51.5 Å². The van der Waals surface area contributed by atoms with Gasteiger partial charge in [0.15, 0.2) is 9.84 Å². The van der Waals surface area contributed by atoms with Gasteiger partial charge in [-0.05, 0) is 32.1 Å². The smallest absolute Gasteiger partial charge is 0.158 e. The van der Waals surface area contributed by atoms with Crippen molar-refractivity contribution in [3.63, 3.8) is 0 Å². The molecule has 13 heavy (non-hydrogen) atoms. The van der Waals surface area contributed by atoms with Gasteiger partial charge in [-0.1, -0.05) is 20.8 Å². The fourth-order valence-corrected chi connectivity index (χ4v) is 4.96. The SMILES string of the molecule is CC1C(C)S(=O)(=O)C(C)(C)C1(C)C. The lowest BCUT2D eigenvalue weighted by molar-refractivity contribution is 0.199. The van der Waals surface area contributed by atoms with Crippen LogP contribution in [0.25, 0.3) is 0 Å². The van der Waals surface area contributed by atoms with Gasteiger partial charge < -0.3 is 0 Å². The van der Waals surface area contributed by atoms with Gasteiger partial charge in [0.25, 0.3) is 0 Å². The molecule has 1 aliphatic heterocycles. The van der Waals surface area contributed by atoms with Gasteiger partial charge in [0.1, 0.15) is 0 Å². The van der Waals surface area contributed by atoms with E-state index in [0.29, 0.717) is 0 Å². The maximum Gasteiger partial charge on any atom is 0.158 e. The molecule has 1 fully saturated rings. The van der Waals surface area contributed by atoms with Gasteiger partial charge in [-0.25, -0.2) is 8.42 Å². The number of rotatable bonds is 0. The molecule has 0 aromatic carbocycles. The number of hydrogen-bond acceptors (Lipinski definition) is 2. The molecule has 0 aromatic heterocycles. The fraction of sp³-hybridized carbons (Fsp3) is 1.00. The van der Waals surface area contributed by atoms with E-state index in [0.717, 1.165) is 0 Å². The molecule has 0 N–H and O–H groups in total. The molecule has 0 aromatic rings. The largest absolute Gasteiger partial charge is 0.228 e. The average Bonchev–Trinajstić information content (AvgIpc) is 2.05. The lowest BCUT2D eigenvalue weighted by atomic mass is 9.70. The second kappa shape index (κ2) is 2.50. The summed E-state index contributed by atoms with van der Waals surface area (Å²) in [4.78, 5) is 0. The van der Waals surface area contributed by atoms with Gasteiger partial charge in [0.05, 0.1) is 10.00 Å². The van der Waals surface area contributed by atoms with Crippen molar-refractivity contribution in [2.24, 2.45) is 11.3 Å². The van der Waals surface area contributed by atoms with E-state index >= 15 is 0 Å². The Kier molecular flexibility index (Phi) is 2.12. The Hall–Kier alpha value is -0.0500. The van der Waals surface area contributed by atoms with E-state index in [2.05, 4.69) is 13.8 Å². The van der Waals surface area contributed by atoms with Crippen LogP contribution in [0.4, 0.5) is 0 Å². The monoisotopic (exact) mass is 204 g/mol. The summed E-state index contributed by atoms with van der Waals surface area (Å²) < 4.78 is 23.5. The van der Waals surface area contributed by atoms with Crippen molar-refractivity contribution in [1.82, 2.24) is 0 Å². The van der Waals surface area contributed by atoms with Crippen LogP contribution in [0, 0.1) is 11.3 Å². The van der Waals surface area contributed by atoms with Crippen LogP contribution in [-0.4, -0.2) is 18.4 Å². The first kappa shape index (κ1) is 11.0. The summed E-state index contributed by atoms with van der Waals surface area (Å²) in [7, 11) is -2.96. The van der Waals surface area contributed by atoms with Gasteiger partial charge >= 0.3 is 0 Å². The van der Waals surface area contributed by atoms with Crippen LogP contribution < -0.4 is 0 Å². The minimum Gasteiger partial charge on any atom is -0.228 e. The van der Waals surface area contributed by atoms with Crippen LogP contribution in [0.2, 0.25) is 0 Å². The molecule has 0 saturated carbocycles. The summed E-state index contributed by atoms with van der Waals surface area (Å²) in [5, 5.41) is -0.211. The Labute approximate surface area is 81.6 Å². The maximum atomic E-state index is 12.0. The summed E-state index contributed by atoms with van der Waals surface area (Å²) in [6.45, 7) is 11.7. The topological polar surface area (TPSA) is 34.1 Å². The molecule has 2 atom stereocenters. The maximum absolute atomic E-state index is 12.0. The third-order valence-electron chi connectivity index (χ3n) is 4.59. The van der Waals surface area contributed by atoms with E-state index in [9.17, 15) is 8.42 Å². The number of sulfone groups is 1. The van der Waals surface area contributed by atoms with Crippen LogP contribution in [0.15, 0.2) is 0 Å². The Balaban J connectivity index is 3.40. The van der Waals surface area contributed by atoms with Crippen LogP contribution in [0.5, 0.6) is 0 Å². The van der Waals surface area contributed by atoms with Crippen LogP contribution >= 0.6 is 0 Å². The molecule has 2 unspecified atom stereocenters. The van der Waals surface area contributed by atoms with E-state index in [1.165, 1.54) is 0 Å². The van der Waals surface area contributed by atoms with Crippen molar-refractivity contribution >= 4 is 9.84 Å². The van der Waals surface area contributed by atoms with Crippen LogP contribution in [0.1, 0.15) is 41.5 Å². The second-order valence-corrected chi connectivity index (χ2v) is 8.13. The van der Waals surface area contributed by atoms with Gasteiger partial charge in [0, 0.05) is 0 Å². The lowest BCUT2D eigenvalue weighted by Crippen LogP contribution is -2.41. The van der Waals surface area contributed by atoms with E-state index < -0.39 is 14.6 Å². The second-order valence-electron chi connectivity index (χ2n) is 5.27. The lowest BCUT2D eigenvalue weighted by Gasteiger charge is -2.35. The summed E-state index contributed by atoms with van der Waals surface area (Å²) in [6, 6.07) is 0. The standard InChI is InChI=1S/C10H20O2S/c1-7-8(2)13(11,12)10(5,6)9(7,3)4/h7-8H,1-6H3. The third-order valence-corrected chi connectivity index (χ3v) is 7.93. The minimum atomic E-state index is -2.96. The first-order valence-corrected chi connectivity index (χ1v) is 6.35. The molecular formula is C10H20O2S. The first-order chi connectivity index (χ1) is 5.57. The number of hydrogen-bond donors (Lipinski definition) is 0. The van der Waals surface area contributed by atoms with Crippen LogP contribution in [-0.2, 0) is 9.84 Å². The molecule has 1 saturated heterocycles. The van der Waals surface area contributed by atoms with Crippen molar-refractivity contribution in [2.75, 3.05) is 0 Å². The normalized spacial score (nSPS) is 40.5. The van der Waals surface area contributed by atoms with Crippen molar-refractivity contribution in [1.29, 1.82) is 0 Å². The van der Waals surface area contributed by atoms with Crippen molar-refractivity contribution in [3.05, 3.63) is 0 Å². The summed E-state index contributed by atoms with van der Waals surface area (Å²) in [5.41, 5.74) is -0.134. The molecule has 0 aliphatic carbocycles. The van der Waals surface area contributed by atoms with Gasteiger partial charge in [-0.2, -0.15) is 0 Å². The third kappa shape index (κ3) is 1.03. The molecular weight excluding hydrogens is 184 g/mol. The van der Waals surface area contributed by atoms with Crippen molar-refractivity contribution < 1.29 is 8.42 Å². The Morgan fingerprint density at radius 1 is 1.00 bits per heavy atom. The highest BCUT2D eigenvalue weighted by molar-refractivity contribution is 7.93. The molecule has 0 amide bonds. The zero-order valence-electron chi connectivity index (χ0n) is 9.38. The Bertz CT molecular complexity index is 312. The fourth-order valence-electron chi connectivity index (χ4n) is 2.24. The van der Waals surface area contributed by atoms with Crippen molar-refractivity contribution in [3.8, 4) is 0 Å². The Morgan fingerprint density at radius 2 is 1.38 bits per heavy atom. The van der Waals surface area contributed by atoms with Crippen LogP contribution in [0.3, 0.4) is 0 Å². The molecule has 1 aliphatic rings. The van der Waals surface area contributed by atoms with Gasteiger partial charge in [-0.3, -0.25) is 0 Å². The zero-order valence-corrected chi connectivity index (χ0v) is 10.2. The predicted molar refractivity (Wildman–Crippen MR) is 55.4 cm³/mol. The molecule has 1 heterocycles. The highest BCUT2D eigenvalue weighted by Gasteiger charge is 2.60. The highest BCUT2D eigenvalue weighted by atomic mass is 32.2. The molecule has 78 valence electrons. The summed E-state index contributed by atoms with van der Waals surface area (Å²) in [6.07, 6.45) is 0. The van der Waals surface area contributed by atoms with E-state index in [4.69, 9.17) is 0 Å². The molecule has 0 radical (unpaired) electrons. The first-order valence-electron chi connectivity index (χ1n) is 4.80. The molecule has 1 rings (SSSR count).